The molecule has 1 aliphatic rings. The number of piperidine rings is 1. The largest absolute Gasteiger partial charge is 0.367 e. The van der Waals surface area contributed by atoms with Gasteiger partial charge in [0, 0.05) is 44.8 Å². The van der Waals surface area contributed by atoms with E-state index < -0.39 is 0 Å². The van der Waals surface area contributed by atoms with Crippen molar-refractivity contribution in [3.05, 3.63) is 42.1 Å². The van der Waals surface area contributed by atoms with Crippen LogP contribution in [0.15, 0.2) is 30.6 Å². The second kappa shape index (κ2) is 7.60. The van der Waals surface area contributed by atoms with Gasteiger partial charge in [-0.25, -0.2) is 9.97 Å². The minimum atomic E-state index is 0.282. The fourth-order valence-electron chi connectivity index (χ4n) is 3.56. The summed E-state index contributed by atoms with van der Waals surface area (Å²) in [7, 11) is 1.93. The Bertz CT molecular complexity index is 895. The number of hydrogen-bond donors (Lipinski definition) is 1. The van der Waals surface area contributed by atoms with Crippen LogP contribution in [-0.4, -0.2) is 48.8 Å². The van der Waals surface area contributed by atoms with Gasteiger partial charge >= 0.3 is 0 Å². The summed E-state index contributed by atoms with van der Waals surface area (Å²) in [6, 6.07) is 6.53. The molecule has 0 amide bonds. The van der Waals surface area contributed by atoms with E-state index in [0.717, 1.165) is 60.8 Å². The van der Waals surface area contributed by atoms with Crippen LogP contribution in [0.1, 0.15) is 44.1 Å². The predicted molar refractivity (Wildman–Crippen MR) is 107 cm³/mol. The summed E-state index contributed by atoms with van der Waals surface area (Å²) in [4.78, 5) is 16.4. The van der Waals surface area contributed by atoms with Crippen LogP contribution < -0.4 is 5.32 Å². The summed E-state index contributed by atoms with van der Waals surface area (Å²) in [5, 5.41) is 9.04. The number of hydrogen-bond acceptors (Lipinski definition) is 6. The van der Waals surface area contributed by atoms with Gasteiger partial charge in [0.15, 0.2) is 5.65 Å². The zero-order chi connectivity index (χ0) is 18.8. The smallest absolute Gasteiger partial charge is 0.163 e. The van der Waals surface area contributed by atoms with Crippen molar-refractivity contribution in [2.45, 2.75) is 45.2 Å². The topological polar surface area (TPSA) is 71.8 Å². The molecule has 4 heterocycles. The maximum atomic E-state index is 4.80. The summed E-state index contributed by atoms with van der Waals surface area (Å²) in [5.41, 5.74) is 2.03. The maximum Gasteiger partial charge on any atom is 0.163 e. The van der Waals surface area contributed by atoms with Crippen LogP contribution in [0.3, 0.4) is 0 Å². The van der Waals surface area contributed by atoms with Crippen molar-refractivity contribution in [3.63, 3.8) is 0 Å². The SMILES string of the molecule is CC(C)c1nc(NC2CCN(Cc3ccccn3)CC2)c2cnn(C)c2n1. The molecule has 0 radical (unpaired) electrons. The highest BCUT2D eigenvalue weighted by atomic mass is 15.3. The monoisotopic (exact) mass is 365 g/mol. The Kier molecular flexibility index (Phi) is 5.03. The Hall–Kier alpha value is -2.54. The summed E-state index contributed by atoms with van der Waals surface area (Å²) in [6.45, 7) is 7.29. The highest BCUT2D eigenvalue weighted by Gasteiger charge is 2.22. The molecule has 1 aliphatic heterocycles. The number of rotatable bonds is 5. The Morgan fingerprint density at radius 2 is 2.00 bits per heavy atom. The van der Waals surface area contributed by atoms with Gasteiger partial charge in [0.25, 0.3) is 0 Å². The molecule has 1 fully saturated rings. The number of nitrogens with one attached hydrogen (secondary N) is 1. The number of anilines is 1. The van der Waals surface area contributed by atoms with Crippen molar-refractivity contribution in [3.8, 4) is 0 Å². The quantitative estimate of drug-likeness (QED) is 0.749. The molecule has 0 unspecified atom stereocenters. The zero-order valence-corrected chi connectivity index (χ0v) is 16.3. The first-order valence-corrected chi connectivity index (χ1v) is 9.68. The molecule has 27 heavy (non-hydrogen) atoms. The lowest BCUT2D eigenvalue weighted by Crippen LogP contribution is -2.39. The molecule has 7 nitrogen and oxygen atoms in total. The van der Waals surface area contributed by atoms with Crippen molar-refractivity contribution < 1.29 is 0 Å². The Labute approximate surface area is 159 Å². The molecule has 0 saturated carbocycles. The molecular weight excluding hydrogens is 338 g/mol. The first-order chi connectivity index (χ1) is 13.1. The highest BCUT2D eigenvalue weighted by Crippen LogP contribution is 2.25. The average Bonchev–Trinajstić information content (AvgIpc) is 3.05. The molecule has 1 N–H and O–H groups in total. The number of nitrogens with zero attached hydrogens (tertiary/aromatic N) is 6. The van der Waals surface area contributed by atoms with E-state index in [1.807, 2.05) is 30.2 Å². The lowest BCUT2D eigenvalue weighted by molar-refractivity contribution is 0.209. The third kappa shape index (κ3) is 3.93. The van der Waals surface area contributed by atoms with Crippen molar-refractivity contribution >= 4 is 16.9 Å². The molecule has 3 aromatic heterocycles. The lowest BCUT2D eigenvalue weighted by atomic mass is 10.0. The minimum Gasteiger partial charge on any atom is -0.367 e. The van der Waals surface area contributed by atoms with Gasteiger partial charge in [-0.05, 0) is 25.0 Å². The first-order valence-electron chi connectivity index (χ1n) is 9.68. The van der Waals surface area contributed by atoms with Crippen LogP contribution >= 0.6 is 0 Å². The molecule has 0 aliphatic carbocycles. The Balaban J connectivity index is 1.44. The van der Waals surface area contributed by atoms with Crippen molar-refractivity contribution in [2.75, 3.05) is 18.4 Å². The van der Waals surface area contributed by atoms with Gasteiger partial charge < -0.3 is 5.32 Å². The third-order valence-electron chi connectivity index (χ3n) is 5.17. The molecule has 0 aromatic carbocycles. The number of pyridine rings is 1. The van der Waals surface area contributed by atoms with E-state index in [9.17, 15) is 0 Å². The molecule has 7 heteroatoms. The summed E-state index contributed by atoms with van der Waals surface area (Å²) in [5.74, 6) is 2.06. The Morgan fingerprint density at radius 3 is 2.70 bits per heavy atom. The van der Waals surface area contributed by atoms with Crippen LogP contribution in [-0.2, 0) is 13.6 Å². The van der Waals surface area contributed by atoms with Gasteiger partial charge in [-0.15, -0.1) is 0 Å². The molecule has 0 bridgehead atoms. The first kappa shape index (κ1) is 17.9. The van der Waals surface area contributed by atoms with Crippen LogP contribution in [0.2, 0.25) is 0 Å². The van der Waals surface area contributed by atoms with E-state index in [-0.39, 0.29) is 5.92 Å². The standard InChI is InChI=1S/C20H27N7/c1-14(2)18-24-19(17-12-22-26(3)20(17)25-18)23-15-7-10-27(11-8-15)13-16-6-4-5-9-21-16/h4-6,9,12,14-15H,7-8,10-11,13H2,1-3H3,(H,23,24,25). The third-order valence-corrected chi connectivity index (χ3v) is 5.17. The maximum absolute atomic E-state index is 4.80. The fraction of sp³-hybridized carbons (Fsp3) is 0.500. The highest BCUT2D eigenvalue weighted by molar-refractivity contribution is 5.86. The minimum absolute atomic E-state index is 0.282. The van der Waals surface area contributed by atoms with Gasteiger partial charge in [0.2, 0.25) is 0 Å². The second-order valence-electron chi connectivity index (χ2n) is 7.61. The van der Waals surface area contributed by atoms with Crippen molar-refractivity contribution in [1.82, 2.24) is 29.6 Å². The van der Waals surface area contributed by atoms with Crippen molar-refractivity contribution in [1.29, 1.82) is 0 Å². The number of aryl methyl sites for hydroxylation is 1. The molecule has 142 valence electrons. The van der Waals surface area contributed by atoms with Crippen LogP contribution in [0.25, 0.3) is 11.0 Å². The summed E-state index contributed by atoms with van der Waals surface area (Å²) < 4.78 is 1.82. The number of aromatic nitrogens is 5. The molecule has 0 atom stereocenters. The van der Waals surface area contributed by atoms with Crippen LogP contribution in [0.4, 0.5) is 5.82 Å². The van der Waals surface area contributed by atoms with E-state index in [1.54, 1.807) is 0 Å². The Morgan fingerprint density at radius 1 is 1.19 bits per heavy atom. The van der Waals surface area contributed by atoms with E-state index in [4.69, 9.17) is 4.98 Å². The number of fused-ring (bicyclic) bond motifs is 1. The molecule has 3 aromatic rings. The lowest BCUT2D eigenvalue weighted by Gasteiger charge is -2.32. The summed E-state index contributed by atoms with van der Waals surface area (Å²) >= 11 is 0. The molecule has 4 rings (SSSR count). The predicted octanol–water partition coefficient (Wildman–Crippen LogP) is 2.96. The van der Waals surface area contributed by atoms with E-state index in [1.165, 1.54) is 0 Å². The normalized spacial score (nSPS) is 16.3. The van der Waals surface area contributed by atoms with Gasteiger partial charge in [-0.1, -0.05) is 19.9 Å². The van der Waals surface area contributed by atoms with Gasteiger partial charge in [0.1, 0.15) is 11.6 Å². The van der Waals surface area contributed by atoms with Crippen molar-refractivity contribution in [2.24, 2.45) is 7.05 Å². The summed E-state index contributed by atoms with van der Waals surface area (Å²) in [6.07, 6.45) is 5.91. The number of likely N-dealkylation sites (tertiary alicyclic amines) is 1. The van der Waals surface area contributed by atoms with E-state index in [2.05, 4.69) is 51.3 Å². The fourth-order valence-corrected chi connectivity index (χ4v) is 3.56. The molecule has 0 spiro atoms. The molecule has 1 saturated heterocycles. The van der Waals surface area contributed by atoms with E-state index in [0.29, 0.717) is 6.04 Å². The zero-order valence-electron chi connectivity index (χ0n) is 16.3. The second-order valence-corrected chi connectivity index (χ2v) is 7.61. The van der Waals surface area contributed by atoms with E-state index >= 15 is 0 Å². The van der Waals surface area contributed by atoms with Crippen LogP contribution in [0, 0.1) is 0 Å². The van der Waals surface area contributed by atoms with Crippen LogP contribution in [0.5, 0.6) is 0 Å². The van der Waals surface area contributed by atoms with Gasteiger partial charge in [-0.3, -0.25) is 14.6 Å². The average molecular weight is 365 g/mol. The van der Waals surface area contributed by atoms with Gasteiger partial charge in [-0.2, -0.15) is 5.10 Å². The van der Waals surface area contributed by atoms with Gasteiger partial charge in [0.05, 0.1) is 17.3 Å². The molecular formula is C20H27N7.